The zero-order valence-corrected chi connectivity index (χ0v) is 12.3. The fraction of sp³-hybridized carbons (Fsp3) is 0.571. The number of sulfonamides is 1. The number of benzene rings is 1. The molecule has 1 aromatic rings. The normalized spacial score (nSPS) is 19.9. The molecule has 2 rings (SSSR count). The molecule has 112 valence electrons. The predicted octanol–water partition coefficient (Wildman–Crippen LogP) is 0.996. The molecule has 1 aromatic carbocycles. The first-order valence-corrected chi connectivity index (χ1v) is 8.69. The molecule has 0 radical (unpaired) electrons. The Hall–Kier alpha value is -1.11. The van der Waals surface area contributed by atoms with E-state index in [2.05, 4.69) is 10.0 Å². The van der Waals surface area contributed by atoms with Gasteiger partial charge >= 0.3 is 0 Å². The van der Waals surface area contributed by atoms with E-state index < -0.39 is 10.0 Å². The molecule has 0 aromatic heterocycles. The third-order valence-corrected chi connectivity index (χ3v) is 4.99. The van der Waals surface area contributed by atoms with Gasteiger partial charge in [-0.3, -0.25) is 0 Å². The van der Waals surface area contributed by atoms with Gasteiger partial charge in [0.15, 0.2) is 0 Å². The topological polar surface area (TPSA) is 78.4 Å². The van der Waals surface area contributed by atoms with Crippen LogP contribution in [0.1, 0.15) is 24.8 Å². The van der Waals surface area contributed by atoms with Gasteiger partial charge in [-0.25, -0.2) is 13.1 Å². The first-order chi connectivity index (χ1) is 9.55. The maximum absolute atomic E-state index is 12.0. The highest BCUT2D eigenvalue weighted by molar-refractivity contribution is 7.89. The van der Waals surface area contributed by atoms with Crippen molar-refractivity contribution in [2.75, 3.05) is 18.8 Å². The minimum Gasteiger partial charge on any atom is -0.508 e. The molecule has 5 nitrogen and oxygen atoms in total. The molecule has 0 saturated carbocycles. The van der Waals surface area contributed by atoms with Crippen LogP contribution >= 0.6 is 0 Å². The Labute approximate surface area is 120 Å². The van der Waals surface area contributed by atoms with Crippen molar-refractivity contribution in [1.82, 2.24) is 10.0 Å². The lowest BCUT2D eigenvalue weighted by Crippen LogP contribution is -2.42. The van der Waals surface area contributed by atoms with Crippen molar-refractivity contribution in [3.63, 3.8) is 0 Å². The molecule has 20 heavy (non-hydrogen) atoms. The molecular formula is C14H22N2O3S. The number of piperidine rings is 1. The fourth-order valence-corrected chi connectivity index (χ4v) is 3.75. The molecule has 1 unspecified atom stereocenters. The van der Waals surface area contributed by atoms with Crippen LogP contribution in [0.2, 0.25) is 0 Å². The van der Waals surface area contributed by atoms with Crippen LogP contribution in [0.15, 0.2) is 24.3 Å². The van der Waals surface area contributed by atoms with Gasteiger partial charge in [-0.2, -0.15) is 0 Å². The highest BCUT2D eigenvalue weighted by Crippen LogP contribution is 2.10. The van der Waals surface area contributed by atoms with E-state index in [0.717, 1.165) is 31.4 Å². The summed E-state index contributed by atoms with van der Waals surface area (Å²) in [6.45, 7) is 1.30. The van der Waals surface area contributed by atoms with Crippen LogP contribution in [0.5, 0.6) is 5.75 Å². The molecule has 6 heteroatoms. The maximum atomic E-state index is 12.0. The number of rotatable bonds is 6. The maximum Gasteiger partial charge on any atom is 0.213 e. The number of hydrogen-bond acceptors (Lipinski definition) is 4. The van der Waals surface area contributed by atoms with Gasteiger partial charge in [0.25, 0.3) is 0 Å². The van der Waals surface area contributed by atoms with Gasteiger partial charge in [0.05, 0.1) is 5.75 Å². The Balaban J connectivity index is 1.75. The Morgan fingerprint density at radius 3 is 2.65 bits per heavy atom. The predicted molar refractivity (Wildman–Crippen MR) is 79.2 cm³/mol. The van der Waals surface area contributed by atoms with Crippen LogP contribution < -0.4 is 10.0 Å². The van der Waals surface area contributed by atoms with Crippen molar-refractivity contribution in [1.29, 1.82) is 0 Å². The SMILES string of the molecule is O=S(=O)(CC1CCCCN1)NCCc1ccc(O)cc1. The van der Waals surface area contributed by atoms with Gasteiger partial charge in [0.1, 0.15) is 5.75 Å². The minimum atomic E-state index is -3.22. The number of aromatic hydroxyl groups is 1. The first kappa shape index (κ1) is 15.3. The molecule has 0 spiro atoms. The van der Waals surface area contributed by atoms with E-state index in [1.807, 2.05) is 0 Å². The van der Waals surface area contributed by atoms with Crippen LogP contribution in [0.4, 0.5) is 0 Å². The highest BCUT2D eigenvalue weighted by Gasteiger charge is 2.20. The standard InChI is InChI=1S/C14H22N2O3S/c17-14-6-4-12(5-7-14)8-10-16-20(18,19)11-13-3-1-2-9-15-13/h4-7,13,15-17H,1-3,8-11H2. The Morgan fingerprint density at radius 2 is 2.00 bits per heavy atom. The fourth-order valence-electron chi connectivity index (χ4n) is 2.40. The summed E-state index contributed by atoms with van der Waals surface area (Å²) in [5.74, 6) is 0.375. The second-order valence-electron chi connectivity index (χ2n) is 5.24. The summed E-state index contributed by atoms with van der Waals surface area (Å²) >= 11 is 0. The van der Waals surface area contributed by atoms with Gasteiger partial charge in [0.2, 0.25) is 10.0 Å². The van der Waals surface area contributed by atoms with Crippen molar-refractivity contribution in [2.24, 2.45) is 0 Å². The average molecular weight is 298 g/mol. The zero-order chi connectivity index (χ0) is 14.4. The molecule has 1 atom stereocenters. The average Bonchev–Trinajstić information content (AvgIpc) is 2.41. The lowest BCUT2D eigenvalue weighted by atomic mass is 10.1. The van der Waals surface area contributed by atoms with E-state index in [0.29, 0.717) is 13.0 Å². The van der Waals surface area contributed by atoms with Gasteiger partial charge in [-0.15, -0.1) is 0 Å². The molecule has 1 aliphatic heterocycles. The van der Waals surface area contributed by atoms with E-state index in [1.54, 1.807) is 24.3 Å². The molecule has 1 saturated heterocycles. The summed E-state index contributed by atoms with van der Waals surface area (Å²) in [5, 5.41) is 12.4. The number of hydrogen-bond donors (Lipinski definition) is 3. The van der Waals surface area contributed by atoms with Crippen molar-refractivity contribution in [2.45, 2.75) is 31.7 Å². The zero-order valence-electron chi connectivity index (χ0n) is 11.5. The summed E-state index contributed by atoms with van der Waals surface area (Å²) in [6.07, 6.45) is 3.78. The third-order valence-electron chi connectivity index (χ3n) is 3.50. The number of phenols is 1. The van der Waals surface area contributed by atoms with Gasteiger partial charge in [-0.1, -0.05) is 18.6 Å². The Kier molecular flexibility index (Phi) is 5.39. The lowest BCUT2D eigenvalue weighted by molar-refractivity contribution is 0.422. The highest BCUT2D eigenvalue weighted by atomic mass is 32.2. The molecule has 1 aliphatic rings. The van der Waals surface area contributed by atoms with E-state index in [4.69, 9.17) is 0 Å². The van der Waals surface area contributed by atoms with Crippen LogP contribution in [0.3, 0.4) is 0 Å². The molecule has 1 heterocycles. The monoisotopic (exact) mass is 298 g/mol. The molecule has 1 fully saturated rings. The van der Waals surface area contributed by atoms with E-state index in [9.17, 15) is 13.5 Å². The third kappa shape index (κ3) is 5.11. The summed E-state index contributed by atoms with van der Waals surface area (Å²) in [7, 11) is -3.22. The van der Waals surface area contributed by atoms with E-state index in [-0.39, 0.29) is 17.5 Å². The summed E-state index contributed by atoms with van der Waals surface area (Å²) < 4.78 is 26.5. The van der Waals surface area contributed by atoms with Crippen molar-refractivity contribution in [3.05, 3.63) is 29.8 Å². The largest absolute Gasteiger partial charge is 0.508 e. The van der Waals surface area contributed by atoms with Gasteiger partial charge < -0.3 is 10.4 Å². The van der Waals surface area contributed by atoms with Crippen molar-refractivity contribution >= 4 is 10.0 Å². The first-order valence-electron chi connectivity index (χ1n) is 7.04. The quantitative estimate of drug-likeness (QED) is 0.732. The van der Waals surface area contributed by atoms with E-state index >= 15 is 0 Å². The van der Waals surface area contributed by atoms with E-state index in [1.165, 1.54) is 0 Å². The van der Waals surface area contributed by atoms with Gasteiger partial charge in [-0.05, 0) is 43.5 Å². The summed E-state index contributed by atoms with van der Waals surface area (Å²) in [4.78, 5) is 0. The Bertz CT molecular complexity index is 508. The van der Waals surface area contributed by atoms with Gasteiger partial charge in [0, 0.05) is 12.6 Å². The Morgan fingerprint density at radius 1 is 1.25 bits per heavy atom. The number of nitrogens with one attached hydrogen (secondary N) is 2. The van der Waals surface area contributed by atoms with Crippen LogP contribution in [0, 0.1) is 0 Å². The molecule has 3 N–H and O–H groups in total. The van der Waals surface area contributed by atoms with Crippen molar-refractivity contribution < 1.29 is 13.5 Å². The molecule has 0 amide bonds. The number of phenolic OH excluding ortho intramolecular Hbond substituents is 1. The lowest BCUT2D eigenvalue weighted by Gasteiger charge is -2.23. The van der Waals surface area contributed by atoms with Crippen LogP contribution in [0.25, 0.3) is 0 Å². The van der Waals surface area contributed by atoms with Crippen LogP contribution in [-0.2, 0) is 16.4 Å². The second-order valence-corrected chi connectivity index (χ2v) is 7.09. The second kappa shape index (κ2) is 7.06. The molecule has 0 aliphatic carbocycles. The van der Waals surface area contributed by atoms with Crippen LogP contribution in [-0.4, -0.2) is 38.4 Å². The summed E-state index contributed by atoms with van der Waals surface area (Å²) in [6, 6.07) is 6.89. The molecular weight excluding hydrogens is 276 g/mol. The minimum absolute atomic E-state index is 0.0786. The smallest absolute Gasteiger partial charge is 0.213 e. The molecule has 0 bridgehead atoms. The summed E-state index contributed by atoms with van der Waals surface area (Å²) in [5.41, 5.74) is 1.00. The van der Waals surface area contributed by atoms with Crippen molar-refractivity contribution in [3.8, 4) is 5.75 Å².